The third-order valence-electron chi connectivity index (χ3n) is 2.62. The van der Waals surface area contributed by atoms with Gasteiger partial charge in [0.2, 0.25) is 0 Å². The molecule has 0 spiro atoms. The molecule has 2 atom stereocenters. The molecule has 0 amide bonds. The van der Waals surface area contributed by atoms with Crippen LogP contribution in [0.4, 0.5) is 0 Å². The van der Waals surface area contributed by atoms with Crippen LogP contribution in [-0.4, -0.2) is 43.8 Å². The Morgan fingerprint density at radius 3 is 2.24 bits per heavy atom. The Hall–Kier alpha value is -0.940. The van der Waals surface area contributed by atoms with Gasteiger partial charge in [0.1, 0.15) is 12.2 Å². The summed E-state index contributed by atoms with van der Waals surface area (Å²) in [6.45, 7) is 0.792. The van der Waals surface area contributed by atoms with Crippen LogP contribution in [0, 0.1) is 0 Å². The lowest BCUT2D eigenvalue weighted by molar-refractivity contribution is -0.0273. The van der Waals surface area contributed by atoms with Crippen LogP contribution in [0.3, 0.4) is 0 Å². The molecule has 0 radical (unpaired) electrons. The second-order valence-corrected chi connectivity index (χ2v) is 3.95. The normalized spacial score (nSPS) is 14.6. The van der Waals surface area contributed by atoms with Crippen molar-refractivity contribution in [3.8, 4) is 0 Å². The van der Waals surface area contributed by atoms with E-state index in [2.05, 4.69) is 0 Å². The van der Waals surface area contributed by atoms with Crippen LogP contribution in [-0.2, 0) is 15.9 Å². The van der Waals surface area contributed by atoms with E-state index in [1.54, 1.807) is 7.11 Å². The van der Waals surface area contributed by atoms with E-state index in [0.717, 1.165) is 12.0 Å². The van der Waals surface area contributed by atoms with E-state index in [0.29, 0.717) is 12.2 Å². The summed E-state index contributed by atoms with van der Waals surface area (Å²) in [5, 5.41) is 19.4. The third-order valence-corrected chi connectivity index (χ3v) is 2.62. The van der Waals surface area contributed by atoms with Gasteiger partial charge in [0, 0.05) is 14.2 Å². The van der Waals surface area contributed by atoms with Crippen LogP contribution >= 0.6 is 0 Å². The molecule has 0 saturated heterocycles. The van der Waals surface area contributed by atoms with Crippen molar-refractivity contribution < 1.29 is 19.7 Å². The number of hydrogen-bond donors (Lipinski definition) is 2. The molecular formula is C13H20O4. The van der Waals surface area contributed by atoms with Crippen LogP contribution < -0.4 is 0 Å². The van der Waals surface area contributed by atoms with Gasteiger partial charge >= 0.3 is 0 Å². The summed E-state index contributed by atoms with van der Waals surface area (Å²) in [6, 6.07) is 7.48. The van der Waals surface area contributed by atoms with Crippen molar-refractivity contribution in [1.82, 2.24) is 0 Å². The minimum Gasteiger partial charge on any atom is -0.388 e. The predicted octanol–water partition coefficient (Wildman–Crippen LogP) is 0.916. The van der Waals surface area contributed by atoms with E-state index in [1.807, 2.05) is 24.3 Å². The molecule has 0 aromatic heterocycles. The SMILES string of the molecule is COCCc1ccc(C(O)C(O)COC)cc1. The van der Waals surface area contributed by atoms with Gasteiger partial charge in [0.15, 0.2) is 0 Å². The van der Waals surface area contributed by atoms with Crippen molar-refractivity contribution in [3.63, 3.8) is 0 Å². The number of methoxy groups -OCH3 is 2. The molecule has 0 saturated carbocycles. The molecule has 0 heterocycles. The molecule has 1 aromatic rings. The zero-order chi connectivity index (χ0) is 12.7. The monoisotopic (exact) mass is 240 g/mol. The van der Waals surface area contributed by atoms with Crippen LogP contribution in [0.2, 0.25) is 0 Å². The highest BCUT2D eigenvalue weighted by Crippen LogP contribution is 2.18. The molecule has 0 aliphatic heterocycles. The van der Waals surface area contributed by atoms with Crippen molar-refractivity contribution in [2.24, 2.45) is 0 Å². The molecule has 1 aromatic carbocycles. The zero-order valence-electron chi connectivity index (χ0n) is 10.3. The summed E-state index contributed by atoms with van der Waals surface area (Å²) >= 11 is 0. The maximum Gasteiger partial charge on any atom is 0.107 e. The third kappa shape index (κ3) is 4.44. The van der Waals surface area contributed by atoms with Gasteiger partial charge in [0.05, 0.1) is 13.2 Å². The minimum absolute atomic E-state index is 0.118. The largest absolute Gasteiger partial charge is 0.388 e. The van der Waals surface area contributed by atoms with E-state index in [4.69, 9.17) is 9.47 Å². The second-order valence-electron chi connectivity index (χ2n) is 3.95. The highest BCUT2D eigenvalue weighted by atomic mass is 16.5. The van der Waals surface area contributed by atoms with Crippen molar-refractivity contribution in [2.75, 3.05) is 27.4 Å². The maximum atomic E-state index is 9.83. The standard InChI is InChI=1S/C13H20O4/c1-16-8-7-10-3-5-11(6-4-10)13(15)12(14)9-17-2/h3-6,12-15H,7-9H2,1-2H3. The van der Waals surface area contributed by atoms with Gasteiger partial charge in [-0.15, -0.1) is 0 Å². The first-order valence-corrected chi connectivity index (χ1v) is 5.62. The molecule has 17 heavy (non-hydrogen) atoms. The van der Waals surface area contributed by atoms with Gasteiger partial charge in [-0.1, -0.05) is 24.3 Å². The van der Waals surface area contributed by atoms with E-state index in [1.165, 1.54) is 7.11 Å². The summed E-state index contributed by atoms with van der Waals surface area (Å²) in [5.41, 5.74) is 1.83. The highest BCUT2D eigenvalue weighted by Gasteiger charge is 2.17. The first-order chi connectivity index (χ1) is 8.19. The van der Waals surface area contributed by atoms with Crippen molar-refractivity contribution >= 4 is 0 Å². The summed E-state index contributed by atoms with van der Waals surface area (Å²) in [4.78, 5) is 0. The van der Waals surface area contributed by atoms with Crippen LogP contribution in [0.25, 0.3) is 0 Å². The number of hydrogen-bond acceptors (Lipinski definition) is 4. The van der Waals surface area contributed by atoms with Gasteiger partial charge < -0.3 is 19.7 Å². The first kappa shape index (κ1) is 14.1. The average molecular weight is 240 g/mol. The Morgan fingerprint density at radius 2 is 1.71 bits per heavy atom. The second kappa shape index (κ2) is 7.40. The molecule has 1 rings (SSSR count). The summed E-state index contributed by atoms with van der Waals surface area (Å²) in [5.74, 6) is 0. The maximum absolute atomic E-state index is 9.83. The molecule has 0 aliphatic carbocycles. The Balaban J connectivity index is 2.60. The summed E-state index contributed by atoms with van der Waals surface area (Å²) in [6.07, 6.45) is -0.968. The predicted molar refractivity (Wildman–Crippen MR) is 64.9 cm³/mol. The fourth-order valence-corrected chi connectivity index (χ4v) is 1.59. The molecule has 2 unspecified atom stereocenters. The van der Waals surface area contributed by atoms with E-state index >= 15 is 0 Å². The Bertz CT molecular complexity index is 310. The Morgan fingerprint density at radius 1 is 1.06 bits per heavy atom. The molecule has 96 valence electrons. The number of rotatable bonds is 7. The van der Waals surface area contributed by atoms with Gasteiger partial charge in [-0.2, -0.15) is 0 Å². The van der Waals surface area contributed by atoms with Gasteiger partial charge in [-0.05, 0) is 17.5 Å². The molecule has 4 heteroatoms. The summed E-state index contributed by atoms with van der Waals surface area (Å²) in [7, 11) is 3.16. The van der Waals surface area contributed by atoms with Crippen molar-refractivity contribution in [1.29, 1.82) is 0 Å². The smallest absolute Gasteiger partial charge is 0.107 e. The fraction of sp³-hybridized carbons (Fsp3) is 0.538. The van der Waals surface area contributed by atoms with Crippen molar-refractivity contribution in [3.05, 3.63) is 35.4 Å². The molecule has 2 N–H and O–H groups in total. The van der Waals surface area contributed by atoms with Crippen LogP contribution in [0.5, 0.6) is 0 Å². The average Bonchev–Trinajstić information content (AvgIpc) is 2.36. The Kier molecular flexibility index (Phi) is 6.15. The van der Waals surface area contributed by atoms with Gasteiger partial charge in [0.25, 0.3) is 0 Å². The number of ether oxygens (including phenoxy) is 2. The number of aliphatic hydroxyl groups is 2. The molecule has 0 aliphatic rings. The van der Waals surface area contributed by atoms with E-state index < -0.39 is 12.2 Å². The lowest BCUT2D eigenvalue weighted by Gasteiger charge is -2.17. The topological polar surface area (TPSA) is 58.9 Å². The highest BCUT2D eigenvalue weighted by molar-refractivity contribution is 5.25. The van der Waals surface area contributed by atoms with Crippen LogP contribution in [0.1, 0.15) is 17.2 Å². The summed E-state index contributed by atoms with van der Waals surface area (Å²) < 4.78 is 9.78. The lowest BCUT2D eigenvalue weighted by atomic mass is 10.0. The zero-order valence-corrected chi connectivity index (χ0v) is 10.3. The van der Waals surface area contributed by atoms with E-state index in [9.17, 15) is 10.2 Å². The molecule has 0 fully saturated rings. The van der Waals surface area contributed by atoms with Crippen LogP contribution in [0.15, 0.2) is 24.3 Å². The van der Waals surface area contributed by atoms with E-state index in [-0.39, 0.29) is 6.61 Å². The van der Waals surface area contributed by atoms with Gasteiger partial charge in [-0.25, -0.2) is 0 Å². The Labute approximate surface area is 102 Å². The minimum atomic E-state index is -0.911. The van der Waals surface area contributed by atoms with Crippen molar-refractivity contribution in [2.45, 2.75) is 18.6 Å². The number of aliphatic hydroxyl groups excluding tert-OH is 2. The fourth-order valence-electron chi connectivity index (χ4n) is 1.59. The molecule has 0 bridgehead atoms. The first-order valence-electron chi connectivity index (χ1n) is 5.62. The molecule has 4 nitrogen and oxygen atoms in total. The molecular weight excluding hydrogens is 220 g/mol. The lowest BCUT2D eigenvalue weighted by Crippen LogP contribution is -2.23. The quantitative estimate of drug-likeness (QED) is 0.744. The van der Waals surface area contributed by atoms with Gasteiger partial charge in [-0.3, -0.25) is 0 Å². The number of benzene rings is 1.